The molecule has 0 spiro atoms. The molecule has 0 heterocycles. The minimum atomic E-state index is -1.06. The van der Waals surface area contributed by atoms with Gasteiger partial charge in [0.1, 0.15) is 0 Å². The summed E-state index contributed by atoms with van der Waals surface area (Å²) in [6.07, 6.45) is 1.16. The monoisotopic (exact) mass is 318 g/mol. The van der Waals surface area contributed by atoms with E-state index in [2.05, 4.69) is 22.6 Å². The first kappa shape index (κ1) is 13.7. The van der Waals surface area contributed by atoms with E-state index in [1.54, 1.807) is 6.92 Å². The first-order valence-electron chi connectivity index (χ1n) is 4.14. The van der Waals surface area contributed by atoms with Crippen LogP contribution in [-0.4, -0.2) is 27.8 Å². The molecule has 0 aromatic rings. The Bertz CT molecular complexity index is 180. The largest absolute Gasteiger partial charge is 0.393 e. The van der Waals surface area contributed by atoms with Gasteiger partial charge in [0.05, 0.1) is 12.2 Å². The highest BCUT2D eigenvalue weighted by molar-refractivity contribution is 14.1. The molecule has 0 amide bonds. The van der Waals surface area contributed by atoms with Crippen LogP contribution in [0.1, 0.15) is 26.7 Å². The molecule has 0 saturated carbocycles. The summed E-state index contributed by atoms with van der Waals surface area (Å²) in [6.45, 7) is 3.34. The molecule has 0 saturated heterocycles. The fraction of sp³-hybridized carbons (Fsp3) is 0.778. The van der Waals surface area contributed by atoms with Crippen LogP contribution in [0.25, 0.3) is 0 Å². The molecular weight excluding hydrogens is 302 g/mol. The first-order valence-corrected chi connectivity index (χ1v) is 5.82. The molecule has 2 atom stereocenters. The highest BCUT2D eigenvalue weighted by Crippen LogP contribution is 2.21. The third-order valence-electron chi connectivity index (χ3n) is 1.73. The second-order valence-corrected chi connectivity index (χ2v) is 4.86. The van der Waals surface area contributed by atoms with Gasteiger partial charge in [-0.1, -0.05) is 28.2 Å². The van der Waals surface area contributed by atoms with Gasteiger partial charge in [-0.05, 0) is 30.8 Å². The van der Waals surface area contributed by atoms with Crippen molar-refractivity contribution in [2.45, 2.75) is 37.7 Å². The van der Waals surface area contributed by atoms with Crippen LogP contribution in [0.2, 0.25) is 0 Å². The van der Waals surface area contributed by atoms with Crippen LogP contribution < -0.4 is 0 Å². The predicted molar refractivity (Wildman–Crippen MR) is 64.4 cm³/mol. The average Bonchev–Trinajstić information content (AvgIpc) is 2.03. The second kappa shape index (κ2) is 6.22. The summed E-state index contributed by atoms with van der Waals surface area (Å²) in [6, 6.07) is 0. The molecule has 0 unspecified atom stereocenters. The van der Waals surface area contributed by atoms with E-state index in [0.29, 0.717) is 6.42 Å². The molecule has 2 N–H and O–H groups in total. The summed E-state index contributed by atoms with van der Waals surface area (Å²) in [5.41, 5.74) is 0.132. The Balaban J connectivity index is 3.94. The molecule has 2 nitrogen and oxygen atoms in total. The van der Waals surface area contributed by atoms with Gasteiger partial charge in [0, 0.05) is 5.38 Å². The van der Waals surface area contributed by atoms with E-state index in [1.807, 2.05) is 11.0 Å². The highest BCUT2D eigenvalue weighted by Gasteiger charge is 2.23. The Morgan fingerprint density at radius 2 is 2.23 bits per heavy atom. The van der Waals surface area contributed by atoms with Crippen LogP contribution in [0.4, 0.5) is 0 Å². The van der Waals surface area contributed by atoms with E-state index >= 15 is 0 Å². The van der Waals surface area contributed by atoms with Crippen molar-refractivity contribution in [3.63, 3.8) is 0 Å². The first-order chi connectivity index (χ1) is 5.91. The van der Waals surface area contributed by atoms with Gasteiger partial charge in [-0.3, -0.25) is 0 Å². The van der Waals surface area contributed by atoms with Crippen LogP contribution in [0, 0.1) is 0 Å². The number of aliphatic hydroxyl groups is 2. The second-order valence-electron chi connectivity index (χ2n) is 3.62. The van der Waals surface area contributed by atoms with Crippen molar-refractivity contribution < 1.29 is 10.2 Å². The highest BCUT2D eigenvalue weighted by atomic mass is 127. The maximum absolute atomic E-state index is 9.52. The van der Waals surface area contributed by atoms with E-state index < -0.39 is 5.60 Å². The summed E-state index contributed by atoms with van der Waals surface area (Å²) < 4.78 is 1.97. The molecular formula is C9H16ClIO2. The lowest BCUT2D eigenvalue weighted by molar-refractivity contribution is -0.00555. The van der Waals surface area contributed by atoms with Crippen LogP contribution in [0.3, 0.4) is 0 Å². The van der Waals surface area contributed by atoms with Crippen molar-refractivity contribution in [2.24, 2.45) is 0 Å². The van der Waals surface area contributed by atoms with Crippen molar-refractivity contribution >= 4 is 34.2 Å². The zero-order chi connectivity index (χ0) is 10.5. The van der Waals surface area contributed by atoms with E-state index in [1.165, 1.54) is 5.57 Å². The maximum Gasteiger partial charge on any atom is 0.0863 e. The zero-order valence-electron chi connectivity index (χ0n) is 7.93. The number of alkyl halides is 1. The molecule has 0 rings (SSSR count). The van der Waals surface area contributed by atoms with Crippen LogP contribution in [0.15, 0.2) is 9.66 Å². The van der Waals surface area contributed by atoms with Gasteiger partial charge in [-0.15, -0.1) is 11.6 Å². The molecule has 4 heteroatoms. The Labute approximate surface area is 98.1 Å². The average molecular weight is 319 g/mol. The standard InChI is InChI=1S/C9H16ClIO2/c1-7(5-11)3-8(10)4-9(2,13)6-12/h5,8,12-13H,3-4,6H2,1-2H3/b7-5+/t8-,9+/m1/s1. The minimum Gasteiger partial charge on any atom is -0.393 e. The molecule has 0 fully saturated rings. The van der Waals surface area contributed by atoms with Gasteiger partial charge >= 0.3 is 0 Å². The quantitative estimate of drug-likeness (QED) is 0.604. The van der Waals surface area contributed by atoms with E-state index in [9.17, 15) is 5.11 Å². The van der Waals surface area contributed by atoms with E-state index in [-0.39, 0.29) is 12.0 Å². The third kappa shape index (κ3) is 6.71. The molecule has 0 radical (unpaired) electrons. The van der Waals surface area contributed by atoms with Gasteiger partial charge in [0.25, 0.3) is 0 Å². The fourth-order valence-electron chi connectivity index (χ4n) is 1.01. The maximum atomic E-state index is 9.52. The van der Waals surface area contributed by atoms with Gasteiger partial charge in [-0.25, -0.2) is 0 Å². The summed E-state index contributed by atoms with van der Waals surface area (Å²) >= 11 is 8.16. The number of halogens is 2. The van der Waals surface area contributed by atoms with Gasteiger partial charge in [0.15, 0.2) is 0 Å². The topological polar surface area (TPSA) is 40.5 Å². The smallest absolute Gasteiger partial charge is 0.0863 e. The summed E-state index contributed by atoms with van der Waals surface area (Å²) in [5, 5.41) is 18.2. The van der Waals surface area contributed by atoms with Crippen molar-refractivity contribution in [3.05, 3.63) is 9.66 Å². The lowest BCUT2D eigenvalue weighted by Crippen LogP contribution is -2.32. The van der Waals surface area contributed by atoms with Crippen LogP contribution >= 0.6 is 34.2 Å². The van der Waals surface area contributed by atoms with Crippen molar-refractivity contribution in [3.8, 4) is 0 Å². The Hall–Kier alpha value is 0.680. The summed E-state index contributed by atoms with van der Waals surface area (Å²) in [4.78, 5) is 0. The van der Waals surface area contributed by atoms with Crippen molar-refractivity contribution in [1.82, 2.24) is 0 Å². The molecule has 0 aliphatic rings. The molecule has 78 valence electrons. The Morgan fingerprint density at radius 1 is 1.69 bits per heavy atom. The van der Waals surface area contributed by atoms with E-state index in [4.69, 9.17) is 16.7 Å². The molecule has 0 aliphatic heterocycles. The molecule has 13 heavy (non-hydrogen) atoms. The van der Waals surface area contributed by atoms with Gasteiger partial charge in [0.2, 0.25) is 0 Å². The SMILES string of the molecule is C/C(=C\I)C[C@@H](Cl)C[C@](C)(O)CO. The Kier molecular flexibility index (Phi) is 6.54. The van der Waals surface area contributed by atoms with Crippen molar-refractivity contribution in [2.75, 3.05) is 6.61 Å². The number of hydrogen-bond donors (Lipinski definition) is 2. The predicted octanol–water partition coefficient (Wildman–Crippen LogP) is 2.46. The van der Waals surface area contributed by atoms with Gasteiger partial charge < -0.3 is 10.2 Å². The van der Waals surface area contributed by atoms with Gasteiger partial charge in [-0.2, -0.15) is 0 Å². The van der Waals surface area contributed by atoms with E-state index in [0.717, 1.165) is 6.42 Å². The number of rotatable bonds is 5. The number of aliphatic hydroxyl groups excluding tert-OH is 1. The minimum absolute atomic E-state index is 0.117. The lowest BCUT2D eigenvalue weighted by Gasteiger charge is -2.23. The van der Waals surface area contributed by atoms with Crippen LogP contribution in [-0.2, 0) is 0 Å². The normalized spacial score (nSPS) is 19.7. The molecule has 0 bridgehead atoms. The summed E-state index contributed by atoms with van der Waals surface area (Å²) in [7, 11) is 0. The zero-order valence-corrected chi connectivity index (χ0v) is 10.8. The Morgan fingerprint density at radius 3 is 2.62 bits per heavy atom. The number of hydrogen-bond acceptors (Lipinski definition) is 2. The third-order valence-corrected chi connectivity index (χ3v) is 3.10. The molecule has 0 aromatic heterocycles. The lowest BCUT2D eigenvalue weighted by atomic mass is 9.98. The fourth-order valence-corrected chi connectivity index (χ4v) is 1.84. The number of allylic oxidation sites excluding steroid dienone is 1. The molecule has 0 aliphatic carbocycles. The summed E-state index contributed by atoms with van der Waals surface area (Å²) in [5.74, 6) is 0. The van der Waals surface area contributed by atoms with Crippen LogP contribution in [0.5, 0.6) is 0 Å². The van der Waals surface area contributed by atoms with Crippen molar-refractivity contribution in [1.29, 1.82) is 0 Å². The molecule has 0 aromatic carbocycles.